The Morgan fingerprint density at radius 1 is 1.17 bits per heavy atom. The number of nitrogens with zero attached hydrogens (tertiary/aromatic N) is 1. The molecule has 0 radical (unpaired) electrons. The van der Waals surface area contributed by atoms with Gasteiger partial charge >= 0.3 is 5.97 Å². The third-order valence-electron chi connectivity index (χ3n) is 3.24. The van der Waals surface area contributed by atoms with Crippen LogP contribution >= 0.6 is 0 Å². The number of benzene rings is 2. The highest BCUT2D eigenvalue weighted by Crippen LogP contribution is 2.16. The zero-order chi connectivity index (χ0) is 16.9. The molecule has 1 amide bonds. The van der Waals surface area contributed by atoms with Crippen LogP contribution in [0.1, 0.15) is 16.2 Å². The molecule has 2 aromatic carbocycles. The molecule has 3 rings (SSSR count). The van der Waals surface area contributed by atoms with Gasteiger partial charge in [0.25, 0.3) is 0 Å². The number of nitrogens with one attached hydrogen (secondary N) is 1. The van der Waals surface area contributed by atoms with E-state index in [0.29, 0.717) is 22.7 Å². The lowest BCUT2D eigenvalue weighted by Gasteiger charge is -2.04. The van der Waals surface area contributed by atoms with Gasteiger partial charge in [-0.15, -0.1) is 0 Å². The standard InChI is InChI=1S/C18H14N2O4/c1-23-18(22)12-5-4-6-13(11-12)19-16(21)9-10-17-20-14-7-2-3-8-15(14)24-17/h2-11H,1H3,(H,19,21). The van der Waals surface area contributed by atoms with Crippen LogP contribution in [0.2, 0.25) is 0 Å². The molecular formula is C18H14N2O4. The predicted octanol–water partition coefficient (Wildman–Crippen LogP) is 3.27. The van der Waals surface area contributed by atoms with Crippen molar-refractivity contribution in [2.24, 2.45) is 0 Å². The van der Waals surface area contributed by atoms with E-state index in [1.807, 2.05) is 18.2 Å². The number of methoxy groups -OCH3 is 1. The average Bonchev–Trinajstić information content (AvgIpc) is 3.02. The first kappa shape index (κ1) is 15.5. The summed E-state index contributed by atoms with van der Waals surface area (Å²) in [7, 11) is 1.30. The number of para-hydroxylation sites is 2. The molecule has 0 spiro atoms. The summed E-state index contributed by atoms with van der Waals surface area (Å²) in [6, 6.07) is 13.8. The number of oxazole rings is 1. The van der Waals surface area contributed by atoms with E-state index in [1.54, 1.807) is 24.3 Å². The van der Waals surface area contributed by atoms with Gasteiger partial charge in [-0.1, -0.05) is 18.2 Å². The third kappa shape index (κ3) is 3.49. The molecule has 0 saturated heterocycles. The number of aromatic nitrogens is 1. The first-order chi connectivity index (χ1) is 11.7. The van der Waals surface area contributed by atoms with Crippen LogP contribution in [0.25, 0.3) is 17.2 Å². The lowest BCUT2D eigenvalue weighted by molar-refractivity contribution is -0.111. The van der Waals surface area contributed by atoms with Crippen molar-refractivity contribution < 1.29 is 18.7 Å². The molecule has 6 heteroatoms. The average molecular weight is 322 g/mol. The summed E-state index contributed by atoms with van der Waals surface area (Å²) in [4.78, 5) is 27.7. The maximum Gasteiger partial charge on any atom is 0.337 e. The van der Waals surface area contributed by atoms with E-state index in [2.05, 4.69) is 15.0 Å². The van der Waals surface area contributed by atoms with Crippen molar-refractivity contribution in [3.63, 3.8) is 0 Å². The largest absolute Gasteiger partial charge is 0.465 e. The number of carbonyl (C=O) groups excluding carboxylic acids is 2. The molecule has 0 bridgehead atoms. The van der Waals surface area contributed by atoms with E-state index in [9.17, 15) is 9.59 Å². The molecule has 6 nitrogen and oxygen atoms in total. The molecule has 1 N–H and O–H groups in total. The lowest BCUT2D eigenvalue weighted by atomic mass is 10.2. The second-order valence-electron chi connectivity index (χ2n) is 4.91. The van der Waals surface area contributed by atoms with Gasteiger partial charge in [0.2, 0.25) is 11.8 Å². The molecule has 0 atom stereocenters. The van der Waals surface area contributed by atoms with Crippen LogP contribution in [0.3, 0.4) is 0 Å². The molecule has 0 aliphatic heterocycles. The minimum atomic E-state index is -0.465. The Morgan fingerprint density at radius 2 is 2.00 bits per heavy atom. The van der Waals surface area contributed by atoms with Crippen LogP contribution in [0, 0.1) is 0 Å². The maximum atomic E-state index is 12.0. The van der Waals surface area contributed by atoms with Gasteiger partial charge in [0.1, 0.15) is 5.52 Å². The molecule has 0 fully saturated rings. The maximum absolute atomic E-state index is 12.0. The number of carbonyl (C=O) groups is 2. The SMILES string of the molecule is COC(=O)c1cccc(NC(=O)C=Cc2nc3ccccc3o2)c1. The van der Waals surface area contributed by atoms with Crippen molar-refractivity contribution in [1.82, 2.24) is 4.98 Å². The van der Waals surface area contributed by atoms with Gasteiger partial charge in [0, 0.05) is 17.8 Å². The van der Waals surface area contributed by atoms with Crippen LogP contribution < -0.4 is 5.32 Å². The van der Waals surface area contributed by atoms with Crippen LogP contribution in [0.4, 0.5) is 5.69 Å². The summed E-state index contributed by atoms with van der Waals surface area (Å²) in [5, 5.41) is 2.66. The lowest BCUT2D eigenvalue weighted by Crippen LogP contribution is -2.09. The van der Waals surface area contributed by atoms with Crippen molar-refractivity contribution in [2.75, 3.05) is 12.4 Å². The Kier molecular flexibility index (Phi) is 4.38. The fourth-order valence-electron chi connectivity index (χ4n) is 2.13. The number of amides is 1. The van der Waals surface area contributed by atoms with E-state index >= 15 is 0 Å². The third-order valence-corrected chi connectivity index (χ3v) is 3.24. The minimum Gasteiger partial charge on any atom is -0.465 e. The summed E-state index contributed by atoms with van der Waals surface area (Å²) in [5.41, 5.74) is 2.23. The number of hydrogen-bond acceptors (Lipinski definition) is 5. The van der Waals surface area contributed by atoms with E-state index in [-0.39, 0.29) is 5.91 Å². The Labute approximate surface area is 137 Å². The van der Waals surface area contributed by atoms with Crippen molar-refractivity contribution in [2.45, 2.75) is 0 Å². The number of esters is 1. The molecule has 0 aliphatic rings. The van der Waals surface area contributed by atoms with Crippen molar-refractivity contribution >= 4 is 34.7 Å². The van der Waals surface area contributed by atoms with Gasteiger partial charge in [-0.05, 0) is 30.3 Å². The van der Waals surface area contributed by atoms with Gasteiger partial charge in [-0.3, -0.25) is 4.79 Å². The van der Waals surface area contributed by atoms with E-state index < -0.39 is 5.97 Å². The number of ether oxygens (including phenoxy) is 1. The van der Waals surface area contributed by atoms with Gasteiger partial charge in [-0.2, -0.15) is 0 Å². The zero-order valence-corrected chi connectivity index (χ0v) is 12.9. The summed E-state index contributed by atoms with van der Waals surface area (Å²) in [6.07, 6.45) is 2.80. The van der Waals surface area contributed by atoms with Crippen molar-refractivity contribution in [3.8, 4) is 0 Å². The first-order valence-electron chi connectivity index (χ1n) is 7.19. The smallest absolute Gasteiger partial charge is 0.337 e. The Bertz CT molecular complexity index is 894. The van der Waals surface area contributed by atoms with Crippen LogP contribution in [0.5, 0.6) is 0 Å². The van der Waals surface area contributed by atoms with Crippen molar-refractivity contribution in [1.29, 1.82) is 0 Å². The molecule has 0 saturated carbocycles. The Morgan fingerprint density at radius 3 is 2.79 bits per heavy atom. The number of fused-ring (bicyclic) bond motifs is 1. The predicted molar refractivity (Wildman–Crippen MR) is 89.5 cm³/mol. The molecule has 3 aromatic rings. The van der Waals surface area contributed by atoms with Crippen molar-refractivity contribution in [3.05, 3.63) is 66.1 Å². The summed E-state index contributed by atoms with van der Waals surface area (Å²) >= 11 is 0. The first-order valence-corrected chi connectivity index (χ1v) is 7.19. The second kappa shape index (κ2) is 6.78. The topological polar surface area (TPSA) is 81.4 Å². The minimum absolute atomic E-state index is 0.342. The van der Waals surface area contributed by atoms with Gasteiger partial charge in [0.15, 0.2) is 5.58 Å². The van der Waals surface area contributed by atoms with Crippen LogP contribution in [0.15, 0.2) is 59.0 Å². The van der Waals surface area contributed by atoms with E-state index in [1.165, 1.54) is 25.3 Å². The highest BCUT2D eigenvalue weighted by molar-refractivity contribution is 6.02. The Hall–Kier alpha value is -3.41. The zero-order valence-electron chi connectivity index (χ0n) is 12.9. The molecule has 0 unspecified atom stereocenters. The molecule has 1 aromatic heterocycles. The highest BCUT2D eigenvalue weighted by atomic mass is 16.5. The molecule has 120 valence electrons. The quantitative estimate of drug-likeness (QED) is 0.589. The number of anilines is 1. The number of rotatable bonds is 4. The van der Waals surface area contributed by atoms with E-state index in [4.69, 9.17) is 4.42 Å². The molecule has 1 heterocycles. The Balaban J connectivity index is 1.70. The summed E-state index contributed by atoms with van der Waals surface area (Å²) < 4.78 is 10.1. The molecular weight excluding hydrogens is 308 g/mol. The van der Waals surface area contributed by atoms with Crippen LogP contribution in [-0.2, 0) is 9.53 Å². The number of hydrogen-bond donors (Lipinski definition) is 1. The van der Waals surface area contributed by atoms with Gasteiger partial charge in [0.05, 0.1) is 12.7 Å². The normalized spacial score (nSPS) is 10.9. The molecule has 24 heavy (non-hydrogen) atoms. The fourth-order valence-corrected chi connectivity index (χ4v) is 2.13. The fraction of sp³-hybridized carbons (Fsp3) is 0.0556. The summed E-state index contributed by atoms with van der Waals surface area (Å²) in [5.74, 6) is -0.484. The molecule has 0 aliphatic carbocycles. The second-order valence-corrected chi connectivity index (χ2v) is 4.91. The van der Waals surface area contributed by atoms with Gasteiger partial charge in [-0.25, -0.2) is 9.78 Å². The monoisotopic (exact) mass is 322 g/mol. The van der Waals surface area contributed by atoms with Gasteiger partial charge < -0.3 is 14.5 Å². The highest BCUT2D eigenvalue weighted by Gasteiger charge is 2.07. The summed E-state index contributed by atoms with van der Waals surface area (Å²) in [6.45, 7) is 0. The van der Waals surface area contributed by atoms with E-state index in [0.717, 1.165) is 5.52 Å². The van der Waals surface area contributed by atoms with Crippen LogP contribution in [-0.4, -0.2) is 24.0 Å².